The van der Waals surface area contributed by atoms with Gasteiger partial charge in [-0.3, -0.25) is 4.57 Å². The van der Waals surface area contributed by atoms with E-state index in [4.69, 9.17) is 15.2 Å². The summed E-state index contributed by atoms with van der Waals surface area (Å²) in [6.07, 6.45) is -2.06. The average Bonchev–Trinajstić information content (AvgIpc) is 3.02. The van der Waals surface area contributed by atoms with Gasteiger partial charge in [0.2, 0.25) is 11.8 Å². The van der Waals surface area contributed by atoms with E-state index >= 15 is 0 Å². The molecule has 0 aromatic carbocycles. The summed E-state index contributed by atoms with van der Waals surface area (Å²) in [6, 6.07) is 0. The summed E-state index contributed by atoms with van der Waals surface area (Å²) >= 11 is 0. The molecule has 0 saturated carbocycles. The van der Waals surface area contributed by atoms with Crippen molar-refractivity contribution in [3.8, 4) is 5.88 Å². The number of nitrogens with two attached hydrogens (primary N) is 1. The topological polar surface area (TPSA) is 149 Å². The summed E-state index contributed by atoms with van der Waals surface area (Å²) in [7, 11) is 1.43. The average molecular weight is 311 g/mol. The minimum atomic E-state index is -1.37. The van der Waals surface area contributed by atoms with Gasteiger partial charge >= 0.3 is 0 Å². The molecular formula is C12H17N5O5. The van der Waals surface area contributed by atoms with Crippen molar-refractivity contribution in [2.45, 2.75) is 31.0 Å². The Hall–Kier alpha value is -2.01. The smallest absolute Gasteiger partial charge is 0.246 e. The molecule has 0 spiro atoms. The first-order valence-corrected chi connectivity index (χ1v) is 6.62. The fourth-order valence-corrected chi connectivity index (χ4v) is 2.67. The van der Waals surface area contributed by atoms with Crippen molar-refractivity contribution in [2.24, 2.45) is 0 Å². The number of hydrogen-bond donors (Lipinski definition) is 4. The number of aliphatic hydroxyl groups excluding tert-OH is 3. The maximum Gasteiger partial charge on any atom is 0.246 e. The highest BCUT2D eigenvalue weighted by Crippen LogP contribution is 2.37. The molecule has 4 atom stereocenters. The van der Waals surface area contributed by atoms with Crippen molar-refractivity contribution in [3.63, 3.8) is 0 Å². The zero-order chi connectivity index (χ0) is 16.1. The van der Waals surface area contributed by atoms with E-state index in [9.17, 15) is 15.3 Å². The fourth-order valence-electron chi connectivity index (χ4n) is 2.67. The number of rotatable bonds is 3. The Balaban J connectivity index is 2.16. The van der Waals surface area contributed by atoms with Crippen LogP contribution < -0.4 is 10.5 Å². The second-order valence-electron chi connectivity index (χ2n) is 5.21. The Morgan fingerprint density at radius 3 is 2.77 bits per heavy atom. The van der Waals surface area contributed by atoms with Gasteiger partial charge < -0.3 is 30.5 Å². The van der Waals surface area contributed by atoms with Crippen LogP contribution in [0.15, 0.2) is 6.33 Å². The molecule has 2 aromatic heterocycles. The van der Waals surface area contributed by atoms with Crippen LogP contribution in [0, 0.1) is 0 Å². The van der Waals surface area contributed by atoms with E-state index in [1.54, 1.807) is 6.92 Å². The van der Waals surface area contributed by atoms with E-state index in [1.807, 2.05) is 0 Å². The highest BCUT2D eigenvalue weighted by molar-refractivity contribution is 5.77. The first-order valence-electron chi connectivity index (χ1n) is 6.62. The van der Waals surface area contributed by atoms with Crippen LogP contribution in [0.1, 0.15) is 6.92 Å². The number of imidazole rings is 1. The largest absolute Gasteiger partial charge is 0.479 e. The molecule has 0 amide bonds. The Morgan fingerprint density at radius 1 is 1.45 bits per heavy atom. The van der Waals surface area contributed by atoms with Crippen LogP contribution in [0.2, 0.25) is 0 Å². The second kappa shape index (κ2) is 5.02. The Morgan fingerprint density at radius 2 is 2.18 bits per heavy atom. The third-order valence-corrected chi connectivity index (χ3v) is 3.88. The van der Waals surface area contributed by atoms with Crippen LogP contribution in [0.25, 0.3) is 11.2 Å². The van der Waals surface area contributed by atoms with E-state index in [0.29, 0.717) is 5.52 Å². The SMILES string of the molecule is COc1nc(N)nc2c1ncn2[C@]1(C)O[C@H](CO)[C@@H](O)[C@H]1O. The molecule has 1 aliphatic rings. The maximum atomic E-state index is 10.3. The summed E-state index contributed by atoms with van der Waals surface area (Å²) in [5.41, 5.74) is 4.91. The van der Waals surface area contributed by atoms with Gasteiger partial charge in [0.25, 0.3) is 0 Å². The van der Waals surface area contributed by atoms with Gasteiger partial charge in [0, 0.05) is 0 Å². The summed E-state index contributed by atoms with van der Waals surface area (Å²) in [6.45, 7) is 1.13. The van der Waals surface area contributed by atoms with E-state index in [2.05, 4.69) is 15.0 Å². The minimum absolute atomic E-state index is 0.0264. The molecule has 3 heterocycles. The van der Waals surface area contributed by atoms with Crippen LogP contribution >= 0.6 is 0 Å². The zero-order valence-corrected chi connectivity index (χ0v) is 12.0. The lowest BCUT2D eigenvalue weighted by molar-refractivity contribution is -0.132. The Kier molecular flexibility index (Phi) is 3.40. The third kappa shape index (κ3) is 1.92. The number of ether oxygens (including phenoxy) is 2. The van der Waals surface area contributed by atoms with Gasteiger partial charge in [-0.05, 0) is 6.92 Å². The van der Waals surface area contributed by atoms with Crippen molar-refractivity contribution in [2.75, 3.05) is 19.5 Å². The van der Waals surface area contributed by atoms with Crippen LogP contribution in [-0.4, -0.2) is 66.9 Å². The molecule has 10 nitrogen and oxygen atoms in total. The van der Waals surface area contributed by atoms with E-state index in [0.717, 1.165) is 0 Å². The number of aromatic nitrogens is 4. The standard InChI is InChI=1S/C12H17N5O5/c1-12(8(20)7(19)5(3-18)22-12)17-4-14-6-9(17)15-11(13)16-10(6)21-2/h4-5,7-8,18-20H,3H2,1-2H3,(H2,13,15,16)/t5-,7-,8-,12-/m1/s1. The predicted molar refractivity (Wildman–Crippen MR) is 73.9 cm³/mol. The van der Waals surface area contributed by atoms with Crippen LogP contribution in [-0.2, 0) is 10.5 Å². The lowest BCUT2D eigenvalue weighted by atomic mass is 10.0. The van der Waals surface area contributed by atoms with Crippen molar-refractivity contribution < 1.29 is 24.8 Å². The molecule has 1 fully saturated rings. The number of nitrogens with zero attached hydrogens (tertiary/aromatic N) is 4. The first kappa shape index (κ1) is 14.9. The Labute approximate surface area is 125 Å². The Bertz CT molecular complexity index is 707. The van der Waals surface area contributed by atoms with Crippen molar-refractivity contribution in [1.29, 1.82) is 0 Å². The number of hydrogen-bond acceptors (Lipinski definition) is 9. The highest BCUT2D eigenvalue weighted by atomic mass is 16.6. The van der Waals surface area contributed by atoms with Crippen LogP contribution in [0.5, 0.6) is 5.88 Å². The predicted octanol–water partition coefficient (Wildman–Crippen LogP) is -1.80. The molecule has 2 aromatic rings. The van der Waals surface area contributed by atoms with Gasteiger partial charge in [0.15, 0.2) is 16.9 Å². The summed E-state index contributed by atoms with van der Waals surface area (Å²) < 4.78 is 12.2. The molecular weight excluding hydrogens is 294 g/mol. The normalized spacial score (nSPS) is 31.8. The molecule has 0 bridgehead atoms. The van der Waals surface area contributed by atoms with E-state index < -0.39 is 30.6 Å². The molecule has 22 heavy (non-hydrogen) atoms. The van der Waals surface area contributed by atoms with Gasteiger partial charge in [0.05, 0.1) is 20.0 Å². The first-order chi connectivity index (χ1) is 10.4. The molecule has 10 heteroatoms. The molecule has 0 aliphatic carbocycles. The van der Waals surface area contributed by atoms with Gasteiger partial charge in [-0.25, -0.2) is 4.98 Å². The molecule has 3 rings (SSSR count). The molecule has 1 aliphatic heterocycles. The number of anilines is 1. The van der Waals surface area contributed by atoms with E-state index in [-0.39, 0.29) is 17.5 Å². The van der Waals surface area contributed by atoms with Gasteiger partial charge in [-0.1, -0.05) is 0 Å². The molecule has 0 radical (unpaired) electrons. The fraction of sp³-hybridized carbons (Fsp3) is 0.583. The summed E-state index contributed by atoms with van der Waals surface area (Å²) in [4.78, 5) is 12.2. The molecule has 120 valence electrons. The van der Waals surface area contributed by atoms with Gasteiger partial charge in [0.1, 0.15) is 18.3 Å². The highest BCUT2D eigenvalue weighted by Gasteiger charge is 2.53. The second-order valence-corrected chi connectivity index (χ2v) is 5.21. The monoisotopic (exact) mass is 311 g/mol. The van der Waals surface area contributed by atoms with Crippen molar-refractivity contribution in [3.05, 3.63) is 6.33 Å². The van der Waals surface area contributed by atoms with Gasteiger partial charge in [-0.15, -0.1) is 0 Å². The lowest BCUT2D eigenvalue weighted by Gasteiger charge is -2.29. The molecule has 1 saturated heterocycles. The number of nitrogen functional groups attached to an aromatic ring is 1. The van der Waals surface area contributed by atoms with Crippen molar-refractivity contribution >= 4 is 17.1 Å². The quantitative estimate of drug-likeness (QED) is 0.515. The van der Waals surface area contributed by atoms with Crippen LogP contribution in [0.3, 0.4) is 0 Å². The molecule has 5 N–H and O–H groups in total. The van der Waals surface area contributed by atoms with Crippen LogP contribution in [0.4, 0.5) is 5.95 Å². The van der Waals surface area contributed by atoms with Crippen molar-refractivity contribution in [1.82, 2.24) is 19.5 Å². The zero-order valence-electron chi connectivity index (χ0n) is 12.0. The summed E-state index contributed by atoms with van der Waals surface area (Å²) in [5, 5.41) is 29.5. The van der Waals surface area contributed by atoms with Gasteiger partial charge in [-0.2, -0.15) is 9.97 Å². The minimum Gasteiger partial charge on any atom is -0.479 e. The molecule has 0 unspecified atom stereocenters. The number of aliphatic hydroxyl groups is 3. The summed E-state index contributed by atoms with van der Waals surface area (Å²) in [5.74, 6) is 0.165. The van der Waals surface area contributed by atoms with E-state index in [1.165, 1.54) is 18.0 Å². The third-order valence-electron chi connectivity index (χ3n) is 3.88. The maximum absolute atomic E-state index is 10.3. The number of fused-ring (bicyclic) bond motifs is 1. The lowest BCUT2D eigenvalue weighted by Crippen LogP contribution is -2.43. The number of methoxy groups -OCH3 is 1.